The first-order valence-corrected chi connectivity index (χ1v) is 12.3. The van der Waals surface area contributed by atoms with Gasteiger partial charge in [0.15, 0.2) is 9.84 Å². The zero-order valence-corrected chi connectivity index (χ0v) is 19.0. The van der Waals surface area contributed by atoms with Crippen LogP contribution in [0.15, 0.2) is 65.1 Å². The van der Waals surface area contributed by atoms with E-state index in [0.717, 1.165) is 12.1 Å². The van der Waals surface area contributed by atoms with Crippen LogP contribution < -0.4 is 4.74 Å². The zero-order valence-electron chi connectivity index (χ0n) is 18.2. The second kappa shape index (κ2) is 9.17. The summed E-state index contributed by atoms with van der Waals surface area (Å²) >= 11 is 0. The third kappa shape index (κ3) is 5.27. The summed E-state index contributed by atoms with van der Waals surface area (Å²) in [4.78, 5) is 14.7. The molecule has 1 amide bonds. The lowest BCUT2D eigenvalue weighted by Crippen LogP contribution is -2.40. The summed E-state index contributed by atoms with van der Waals surface area (Å²) in [7, 11) is -1.76. The van der Waals surface area contributed by atoms with Gasteiger partial charge in [0.1, 0.15) is 17.3 Å². The number of nitrogens with zero attached hydrogens (tertiary/aromatic N) is 1. The van der Waals surface area contributed by atoms with E-state index in [9.17, 15) is 26.4 Å². The fraction of sp³-hybridized carbons (Fsp3) is 0.292. The summed E-state index contributed by atoms with van der Waals surface area (Å²) in [6.07, 6.45) is -4.19. The Morgan fingerprint density at radius 1 is 1.12 bits per heavy atom. The predicted octanol–water partition coefficient (Wildman–Crippen LogP) is 4.80. The molecule has 0 radical (unpaired) electrons. The van der Waals surface area contributed by atoms with Gasteiger partial charge in [0.05, 0.1) is 30.7 Å². The SMILES string of the molecule is COc1ccc(C(=O)N(Cc2ccc(-c3cccc(C(F)(F)F)c3)o2)[C@H]2CCS(=O)(=O)C2)cc1. The van der Waals surface area contributed by atoms with Crippen molar-refractivity contribution in [3.05, 3.63) is 77.6 Å². The quantitative estimate of drug-likeness (QED) is 0.493. The number of methoxy groups -OCH3 is 1. The molecule has 0 saturated carbocycles. The average molecular weight is 494 g/mol. The van der Waals surface area contributed by atoms with Crippen molar-refractivity contribution in [2.45, 2.75) is 25.2 Å². The molecule has 1 aliphatic heterocycles. The van der Waals surface area contributed by atoms with Crippen LogP contribution in [-0.4, -0.2) is 43.9 Å². The first-order chi connectivity index (χ1) is 16.1. The van der Waals surface area contributed by atoms with E-state index < -0.39 is 27.6 Å². The van der Waals surface area contributed by atoms with Crippen LogP contribution in [0.5, 0.6) is 5.75 Å². The highest BCUT2D eigenvalue weighted by Gasteiger charge is 2.36. The maximum atomic E-state index is 13.3. The third-order valence-corrected chi connectivity index (χ3v) is 7.46. The lowest BCUT2D eigenvalue weighted by atomic mass is 10.1. The van der Waals surface area contributed by atoms with E-state index in [-0.39, 0.29) is 35.3 Å². The molecule has 4 rings (SSSR count). The Kier molecular flexibility index (Phi) is 6.44. The van der Waals surface area contributed by atoms with Gasteiger partial charge >= 0.3 is 6.18 Å². The molecule has 3 aromatic rings. The van der Waals surface area contributed by atoms with Gasteiger partial charge in [-0.1, -0.05) is 12.1 Å². The molecule has 10 heteroatoms. The monoisotopic (exact) mass is 493 g/mol. The van der Waals surface area contributed by atoms with Crippen LogP contribution in [0, 0.1) is 0 Å². The Morgan fingerprint density at radius 2 is 1.85 bits per heavy atom. The van der Waals surface area contributed by atoms with E-state index in [0.29, 0.717) is 23.5 Å². The zero-order chi connectivity index (χ0) is 24.5. The number of alkyl halides is 3. The fourth-order valence-corrected chi connectivity index (χ4v) is 5.65. The molecule has 0 aliphatic carbocycles. The molecule has 34 heavy (non-hydrogen) atoms. The maximum Gasteiger partial charge on any atom is 0.416 e. The van der Waals surface area contributed by atoms with Crippen molar-refractivity contribution < 1.29 is 35.5 Å². The Labute approximate surface area is 194 Å². The van der Waals surface area contributed by atoms with Crippen LogP contribution in [0.2, 0.25) is 0 Å². The summed E-state index contributed by atoms with van der Waals surface area (Å²) in [6, 6.07) is 13.8. The molecule has 1 aliphatic rings. The molecular formula is C24H22F3NO5S. The van der Waals surface area contributed by atoms with E-state index in [2.05, 4.69) is 0 Å². The molecule has 0 spiro atoms. The molecule has 0 unspecified atom stereocenters. The standard InChI is InChI=1S/C24H22F3NO5S/c1-32-20-7-5-16(6-8-20)23(29)28(19-11-12-34(30,31)15-19)14-21-9-10-22(33-21)17-3-2-4-18(13-17)24(25,26)27/h2-10,13,19H,11-12,14-15H2,1H3/t19-/m0/s1. The summed E-state index contributed by atoms with van der Waals surface area (Å²) in [6.45, 7) is -0.0238. The number of benzene rings is 2. The predicted molar refractivity (Wildman–Crippen MR) is 119 cm³/mol. The summed E-state index contributed by atoms with van der Waals surface area (Å²) < 4.78 is 74.2. The summed E-state index contributed by atoms with van der Waals surface area (Å²) in [5.41, 5.74) is -0.192. The number of hydrogen-bond acceptors (Lipinski definition) is 5. The van der Waals surface area contributed by atoms with Crippen molar-refractivity contribution in [1.82, 2.24) is 4.90 Å². The van der Waals surface area contributed by atoms with Gasteiger partial charge in [0.2, 0.25) is 0 Å². The molecule has 2 aromatic carbocycles. The molecule has 180 valence electrons. The largest absolute Gasteiger partial charge is 0.497 e. The number of carbonyl (C=O) groups is 1. The molecule has 2 heterocycles. The molecule has 1 aromatic heterocycles. The van der Waals surface area contributed by atoms with E-state index in [1.165, 1.54) is 30.2 Å². The second-order valence-electron chi connectivity index (χ2n) is 8.06. The normalized spacial score (nSPS) is 17.5. The third-order valence-electron chi connectivity index (χ3n) is 5.71. The highest BCUT2D eigenvalue weighted by Crippen LogP contribution is 2.33. The van der Waals surface area contributed by atoms with Crippen LogP contribution in [-0.2, 0) is 22.6 Å². The first-order valence-electron chi connectivity index (χ1n) is 10.5. The second-order valence-corrected chi connectivity index (χ2v) is 10.3. The van der Waals surface area contributed by atoms with Gasteiger partial charge in [0.25, 0.3) is 5.91 Å². The lowest BCUT2D eigenvalue weighted by Gasteiger charge is -2.27. The van der Waals surface area contributed by atoms with Crippen molar-refractivity contribution in [2.75, 3.05) is 18.6 Å². The number of sulfone groups is 1. The van der Waals surface area contributed by atoms with Gasteiger partial charge in [-0.3, -0.25) is 4.79 Å². The van der Waals surface area contributed by atoms with Crippen LogP contribution in [0.1, 0.15) is 28.1 Å². The first kappa shape index (κ1) is 23.9. The van der Waals surface area contributed by atoms with Gasteiger partial charge in [-0.2, -0.15) is 13.2 Å². The van der Waals surface area contributed by atoms with E-state index in [4.69, 9.17) is 9.15 Å². The minimum absolute atomic E-state index is 0.0162. The van der Waals surface area contributed by atoms with E-state index in [1.807, 2.05) is 0 Å². The number of rotatable bonds is 6. The van der Waals surface area contributed by atoms with E-state index in [1.54, 1.807) is 30.3 Å². The van der Waals surface area contributed by atoms with Gasteiger partial charge in [-0.15, -0.1) is 0 Å². The molecular weight excluding hydrogens is 471 g/mol. The lowest BCUT2D eigenvalue weighted by molar-refractivity contribution is -0.137. The molecule has 0 N–H and O–H groups in total. The highest BCUT2D eigenvalue weighted by molar-refractivity contribution is 7.91. The molecule has 6 nitrogen and oxygen atoms in total. The minimum atomic E-state index is -4.49. The minimum Gasteiger partial charge on any atom is -0.497 e. The molecule has 1 saturated heterocycles. The number of ether oxygens (including phenoxy) is 1. The maximum absolute atomic E-state index is 13.3. The summed E-state index contributed by atoms with van der Waals surface area (Å²) in [5, 5.41) is 0. The van der Waals surface area contributed by atoms with Crippen molar-refractivity contribution in [3.63, 3.8) is 0 Å². The number of hydrogen-bond donors (Lipinski definition) is 0. The number of halogens is 3. The van der Waals surface area contributed by atoms with Gasteiger partial charge < -0.3 is 14.1 Å². The van der Waals surface area contributed by atoms with E-state index >= 15 is 0 Å². The number of carbonyl (C=O) groups excluding carboxylic acids is 1. The van der Waals surface area contributed by atoms with Crippen LogP contribution in [0.4, 0.5) is 13.2 Å². The van der Waals surface area contributed by atoms with Gasteiger partial charge in [-0.25, -0.2) is 8.42 Å². The average Bonchev–Trinajstić information content (AvgIpc) is 3.42. The van der Waals surface area contributed by atoms with Crippen LogP contribution in [0.3, 0.4) is 0 Å². The van der Waals surface area contributed by atoms with Crippen LogP contribution >= 0.6 is 0 Å². The molecule has 1 atom stereocenters. The Hall–Kier alpha value is -3.27. The van der Waals surface area contributed by atoms with Crippen LogP contribution in [0.25, 0.3) is 11.3 Å². The van der Waals surface area contributed by atoms with Crippen molar-refractivity contribution in [3.8, 4) is 17.1 Å². The number of amides is 1. The highest BCUT2D eigenvalue weighted by atomic mass is 32.2. The van der Waals surface area contributed by atoms with Crippen molar-refractivity contribution >= 4 is 15.7 Å². The van der Waals surface area contributed by atoms with Gasteiger partial charge in [-0.05, 0) is 55.0 Å². The Morgan fingerprint density at radius 3 is 2.47 bits per heavy atom. The van der Waals surface area contributed by atoms with Gasteiger partial charge in [0, 0.05) is 17.2 Å². The molecule has 0 bridgehead atoms. The Bertz CT molecular complexity index is 1280. The molecule has 1 fully saturated rings. The number of furan rings is 1. The fourth-order valence-electron chi connectivity index (χ4n) is 3.92. The van der Waals surface area contributed by atoms with Crippen molar-refractivity contribution in [2.24, 2.45) is 0 Å². The van der Waals surface area contributed by atoms with Crippen molar-refractivity contribution in [1.29, 1.82) is 0 Å². The smallest absolute Gasteiger partial charge is 0.416 e. The Balaban J connectivity index is 1.61. The summed E-state index contributed by atoms with van der Waals surface area (Å²) in [5.74, 6) is 0.578. The topological polar surface area (TPSA) is 76.8 Å².